The summed E-state index contributed by atoms with van der Waals surface area (Å²) >= 11 is 6.02. The molecule has 2 aliphatic rings. The molecule has 0 bridgehead atoms. The SMILES string of the molecule is O=C1CC[C@H]2[C@@H](c3ccc(Cl)cc3)c3ccccc3[C@H]2N1. The molecule has 3 heteroatoms. The monoisotopic (exact) mass is 297 g/mol. The minimum atomic E-state index is 0.156. The molecule has 2 nitrogen and oxygen atoms in total. The fraction of sp³-hybridized carbons (Fsp3) is 0.278. The van der Waals surface area contributed by atoms with Gasteiger partial charge in [0, 0.05) is 17.4 Å². The van der Waals surface area contributed by atoms with Gasteiger partial charge in [0.2, 0.25) is 5.91 Å². The van der Waals surface area contributed by atoms with E-state index in [2.05, 4.69) is 41.7 Å². The third-order valence-corrected chi connectivity index (χ3v) is 5.02. The number of hydrogen-bond acceptors (Lipinski definition) is 1. The van der Waals surface area contributed by atoms with Gasteiger partial charge in [0.15, 0.2) is 0 Å². The molecule has 1 heterocycles. The number of halogens is 1. The minimum Gasteiger partial charge on any atom is -0.349 e. The Morgan fingerprint density at radius 2 is 1.71 bits per heavy atom. The first kappa shape index (κ1) is 12.9. The zero-order chi connectivity index (χ0) is 14.4. The maximum absolute atomic E-state index is 11.8. The lowest BCUT2D eigenvalue weighted by Crippen LogP contribution is -2.37. The molecule has 0 saturated carbocycles. The first-order valence-electron chi connectivity index (χ1n) is 7.37. The summed E-state index contributed by atoms with van der Waals surface area (Å²) in [6.45, 7) is 0. The molecule has 0 spiro atoms. The van der Waals surface area contributed by atoms with Crippen LogP contribution in [0.25, 0.3) is 0 Å². The Bertz CT molecular complexity index is 695. The molecule has 3 atom stereocenters. The third-order valence-electron chi connectivity index (χ3n) is 4.77. The second-order valence-corrected chi connectivity index (χ2v) is 6.34. The van der Waals surface area contributed by atoms with Gasteiger partial charge in [0.1, 0.15) is 0 Å². The van der Waals surface area contributed by atoms with Crippen molar-refractivity contribution < 1.29 is 4.79 Å². The van der Waals surface area contributed by atoms with E-state index in [4.69, 9.17) is 11.6 Å². The number of rotatable bonds is 1. The van der Waals surface area contributed by atoms with Crippen LogP contribution in [0.1, 0.15) is 41.5 Å². The second kappa shape index (κ2) is 4.88. The summed E-state index contributed by atoms with van der Waals surface area (Å²) in [4.78, 5) is 11.8. The Balaban J connectivity index is 1.83. The highest BCUT2D eigenvalue weighted by Gasteiger charge is 2.43. The van der Waals surface area contributed by atoms with Crippen molar-refractivity contribution in [2.75, 3.05) is 0 Å². The number of amides is 1. The van der Waals surface area contributed by atoms with Crippen molar-refractivity contribution in [3.63, 3.8) is 0 Å². The normalized spacial score (nSPS) is 26.9. The number of carbonyl (C=O) groups excluding carboxylic acids is 1. The third kappa shape index (κ3) is 2.06. The van der Waals surface area contributed by atoms with Crippen LogP contribution in [0.2, 0.25) is 5.02 Å². The van der Waals surface area contributed by atoms with Gasteiger partial charge in [-0.3, -0.25) is 4.79 Å². The van der Waals surface area contributed by atoms with Crippen LogP contribution in [0.3, 0.4) is 0 Å². The molecule has 0 unspecified atom stereocenters. The van der Waals surface area contributed by atoms with E-state index >= 15 is 0 Å². The molecule has 2 aromatic rings. The number of piperidine rings is 1. The molecule has 1 saturated heterocycles. The van der Waals surface area contributed by atoms with Crippen molar-refractivity contribution in [3.8, 4) is 0 Å². The summed E-state index contributed by atoms with van der Waals surface area (Å²) in [5, 5.41) is 3.94. The standard InChI is InChI=1S/C18H16ClNO/c19-12-7-5-11(6-8-12)17-13-3-1-2-4-14(13)18-15(17)9-10-16(21)20-18/h1-8,15,17-18H,9-10H2,(H,20,21)/t15-,17-,18+/m0/s1. The smallest absolute Gasteiger partial charge is 0.220 e. The van der Waals surface area contributed by atoms with Crippen molar-refractivity contribution in [1.29, 1.82) is 0 Å². The van der Waals surface area contributed by atoms with Gasteiger partial charge in [0.25, 0.3) is 0 Å². The van der Waals surface area contributed by atoms with Gasteiger partial charge >= 0.3 is 0 Å². The van der Waals surface area contributed by atoms with Gasteiger partial charge in [-0.15, -0.1) is 0 Å². The van der Waals surface area contributed by atoms with Crippen LogP contribution >= 0.6 is 11.6 Å². The predicted octanol–water partition coefficient (Wildman–Crippen LogP) is 4.05. The molecule has 1 amide bonds. The van der Waals surface area contributed by atoms with Gasteiger partial charge in [-0.05, 0) is 41.2 Å². The van der Waals surface area contributed by atoms with Gasteiger partial charge in [0.05, 0.1) is 6.04 Å². The molecule has 1 N–H and O–H groups in total. The van der Waals surface area contributed by atoms with Crippen LogP contribution in [0.5, 0.6) is 0 Å². The second-order valence-electron chi connectivity index (χ2n) is 5.91. The predicted molar refractivity (Wildman–Crippen MR) is 83.3 cm³/mol. The summed E-state index contributed by atoms with van der Waals surface area (Å²) in [7, 11) is 0. The fourth-order valence-corrected chi connectivity index (χ4v) is 4.02. The number of nitrogens with one attached hydrogen (secondary N) is 1. The van der Waals surface area contributed by atoms with Gasteiger partial charge < -0.3 is 5.32 Å². The number of fused-ring (bicyclic) bond motifs is 3. The number of benzene rings is 2. The Morgan fingerprint density at radius 3 is 2.48 bits per heavy atom. The van der Waals surface area contributed by atoms with Crippen molar-refractivity contribution in [3.05, 3.63) is 70.2 Å². The first-order chi connectivity index (χ1) is 10.2. The van der Waals surface area contributed by atoms with Crippen LogP contribution in [0, 0.1) is 5.92 Å². The molecule has 4 rings (SSSR count). The fourth-order valence-electron chi connectivity index (χ4n) is 3.89. The lowest BCUT2D eigenvalue weighted by Gasteiger charge is -2.30. The summed E-state index contributed by atoms with van der Waals surface area (Å²) < 4.78 is 0. The minimum absolute atomic E-state index is 0.156. The van der Waals surface area contributed by atoms with Crippen molar-refractivity contribution in [1.82, 2.24) is 5.32 Å². The molecule has 2 aromatic carbocycles. The largest absolute Gasteiger partial charge is 0.349 e. The highest BCUT2D eigenvalue weighted by atomic mass is 35.5. The topological polar surface area (TPSA) is 29.1 Å². The highest BCUT2D eigenvalue weighted by Crippen LogP contribution is 2.51. The Kier molecular flexibility index (Phi) is 3.00. The Morgan fingerprint density at radius 1 is 1.00 bits per heavy atom. The highest BCUT2D eigenvalue weighted by molar-refractivity contribution is 6.30. The van der Waals surface area contributed by atoms with Gasteiger partial charge in [-0.25, -0.2) is 0 Å². The quantitative estimate of drug-likeness (QED) is 0.845. The molecule has 106 valence electrons. The first-order valence-corrected chi connectivity index (χ1v) is 7.75. The molecule has 0 radical (unpaired) electrons. The van der Waals surface area contributed by atoms with E-state index in [-0.39, 0.29) is 11.9 Å². The number of hydrogen-bond donors (Lipinski definition) is 1. The molecule has 1 aliphatic heterocycles. The molecule has 1 fully saturated rings. The molecule has 1 aliphatic carbocycles. The number of carbonyl (C=O) groups is 1. The molecule has 0 aromatic heterocycles. The van der Waals surface area contributed by atoms with Crippen LogP contribution in [-0.4, -0.2) is 5.91 Å². The molecule has 21 heavy (non-hydrogen) atoms. The van der Waals surface area contributed by atoms with Crippen LogP contribution in [0.4, 0.5) is 0 Å². The molecular formula is C18H16ClNO. The van der Waals surface area contributed by atoms with E-state index in [9.17, 15) is 4.79 Å². The van der Waals surface area contributed by atoms with Gasteiger partial charge in [-0.1, -0.05) is 48.0 Å². The van der Waals surface area contributed by atoms with Crippen molar-refractivity contribution in [2.45, 2.75) is 24.8 Å². The van der Waals surface area contributed by atoms with Crippen LogP contribution in [-0.2, 0) is 4.79 Å². The molecular weight excluding hydrogens is 282 g/mol. The average Bonchev–Trinajstić information content (AvgIpc) is 2.82. The van der Waals surface area contributed by atoms with Crippen LogP contribution in [0.15, 0.2) is 48.5 Å². The summed E-state index contributed by atoms with van der Waals surface area (Å²) in [6, 6.07) is 16.8. The summed E-state index contributed by atoms with van der Waals surface area (Å²) in [5.74, 6) is 0.966. The summed E-state index contributed by atoms with van der Waals surface area (Å²) in [5.41, 5.74) is 3.91. The lowest BCUT2D eigenvalue weighted by molar-refractivity contribution is -0.124. The van der Waals surface area contributed by atoms with Crippen molar-refractivity contribution in [2.24, 2.45) is 5.92 Å². The maximum atomic E-state index is 11.8. The average molecular weight is 298 g/mol. The van der Waals surface area contributed by atoms with E-state index in [0.29, 0.717) is 18.3 Å². The maximum Gasteiger partial charge on any atom is 0.220 e. The van der Waals surface area contributed by atoms with E-state index in [0.717, 1.165) is 11.4 Å². The lowest BCUT2D eigenvalue weighted by atomic mass is 9.80. The Hall–Kier alpha value is -1.80. The van der Waals surface area contributed by atoms with E-state index in [1.54, 1.807) is 0 Å². The Labute approximate surface area is 129 Å². The summed E-state index contributed by atoms with van der Waals surface area (Å²) in [6.07, 6.45) is 1.57. The van der Waals surface area contributed by atoms with Gasteiger partial charge in [-0.2, -0.15) is 0 Å². The van der Waals surface area contributed by atoms with E-state index < -0.39 is 0 Å². The zero-order valence-corrected chi connectivity index (χ0v) is 12.3. The van der Waals surface area contributed by atoms with Crippen LogP contribution < -0.4 is 5.32 Å². The van der Waals surface area contributed by atoms with E-state index in [1.165, 1.54) is 16.7 Å². The van der Waals surface area contributed by atoms with Crippen molar-refractivity contribution >= 4 is 17.5 Å². The van der Waals surface area contributed by atoms with E-state index in [1.807, 2.05) is 12.1 Å². The zero-order valence-electron chi connectivity index (χ0n) is 11.6.